The van der Waals surface area contributed by atoms with Crippen LogP contribution in [-0.2, 0) is 57.5 Å². The van der Waals surface area contributed by atoms with Gasteiger partial charge in [0.15, 0.2) is 6.04 Å². The first-order valence-corrected chi connectivity index (χ1v) is 19.6. The van der Waals surface area contributed by atoms with Gasteiger partial charge in [-0.2, -0.15) is 0 Å². The van der Waals surface area contributed by atoms with E-state index >= 15 is 0 Å². The molecule has 0 bridgehead atoms. The second-order valence-electron chi connectivity index (χ2n) is 17.0. The number of hydrogen-bond acceptors (Lipinski definition) is 12. The van der Waals surface area contributed by atoms with E-state index in [1.165, 1.54) is 21.3 Å². The predicted molar refractivity (Wildman–Crippen MR) is 225 cm³/mol. The van der Waals surface area contributed by atoms with E-state index in [9.17, 15) is 24.0 Å². The molecule has 0 heterocycles. The van der Waals surface area contributed by atoms with Gasteiger partial charge in [0.05, 0.1) is 33.5 Å². The molecule has 3 N–H and O–H groups in total. The van der Waals surface area contributed by atoms with Crippen molar-refractivity contribution < 1.29 is 57.1 Å². The number of hydrogen-bond donors (Lipinski definition) is 3. The minimum absolute atomic E-state index is 0.000935. The normalized spacial score (nSPS) is 13.1. The lowest BCUT2D eigenvalue weighted by atomic mass is 9.95. The van der Waals surface area contributed by atoms with E-state index in [2.05, 4.69) is 16.0 Å². The first-order chi connectivity index (χ1) is 28.0. The Bertz CT molecular complexity index is 1930. The van der Waals surface area contributed by atoms with Crippen LogP contribution < -0.4 is 25.4 Å². The largest absolute Gasteiger partial charge is 0.496 e. The van der Waals surface area contributed by atoms with Crippen LogP contribution in [-0.4, -0.2) is 92.9 Å². The van der Waals surface area contributed by atoms with Crippen LogP contribution in [0.4, 0.5) is 9.59 Å². The summed E-state index contributed by atoms with van der Waals surface area (Å²) >= 11 is 0. The van der Waals surface area contributed by atoms with Crippen LogP contribution in [0, 0.1) is 0 Å². The second-order valence-corrected chi connectivity index (χ2v) is 17.0. The number of carbonyl (C=O) groups is 5. The highest BCUT2D eigenvalue weighted by Gasteiger charge is 2.33. The van der Waals surface area contributed by atoms with Crippen LogP contribution in [0.5, 0.6) is 11.5 Å². The minimum Gasteiger partial charge on any atom is -0.496 e. The number of carbonyl (C=O) groups excluding carboxylic acids is 5. The number of esters is 2. The highest BCUT2D eigenvalue weighted by atomic mass is 16.6. The van der Waals surface area contributed by atoms with Gasteiger partial charge in [0, 0.05) is 12.8 Å². The van der Waals surface area contributed by atoms with E-state index in [0.29, 0.717) is 33.8 Å². The van der Waals surface area contributed by atoms with E-state index in [1.807, 2.05) is 51.1 Å². The monoisotopic (exact) mass is 835 g/mol. The minimum atomic E-state index is -1.27. The first-order valence-electron chi connectivity index (χ1n) is 19.6. The van der Waals surface area contributed by atoms with Gasteiger partial charge in [-0.1, -0.05) is 42.5 Å². The molecule has 60 heavy (non-hydrogen) atoms. The average Bonchev–Trinajstić information content (AvgIpc) is 3.16. The molecule has 3 atom stereocenters. The molecule has 0 saturated carbocycles. The topological polar surface area (TPSA) is 186 Å². The molecule has 0 radical (unpaired) electrons. The quantitative estimate of drug-likeness (QED) is 0.0998. The Hall–Kier alpha value is -5.83. The van der Waals surface area contributed by atoms with Gasteiger partial charge in [-0.15, -0.1) is 0 Å². The van der Waals surface area contributed by atoms with Crippen molar-refractivity contribution in [3.63, 3.8) is 0 Å². The molecule has 0 saturated heterocycles. The number of alkyl carbamates (subject to hydrolysis) is 2. The van der Waals surface area contributed by atoms with Crippen molar-refractivity contribution >= 4 is 30.0 Å². The lowest BCUT2D eigenvalue weighted by Crippen LogP contribution is -2.55. The first kappa shape index (κ1) is 48.5. The van der Waals surface area contributed by atoms with Gasteiger partial charge in [0.2, 0.25) is 5.91 Å². The van der Waals surface area contributed by atoms with Crippen molar-refractivity contribution in [2.45, 2.75) is 117 Å². The number of ether oxygens (including phenoxy) is 7. The maximum atomic E-state index is 14.2. The third-order valence-corrected chi connectivity index (χ3v) is 8.43. The smallest absolute Gasteiger partial charge is 0.408 e. The van der Waals surface area contributed by atoms with Gasteiger partial charge in [0.1, 0.15) is 41.4 Å². The molecule has 3 aromatic rings. The standard InChI is InChI=1S/C45H61N3O12/c1-43(2,3)58-27-35(40(51)59-44(4,5)6)46-38(49)33(47-41(52)57-26-28-16-14-13-15-17-28)24-31-22-29(18-20-36(31)54-10)30-19-21-37(55-11)32(23-30)25-34(39(50)56-12)48-42(53)60-45(7,8)9/h13-23,33-35H,24-27H2,1-12H3,(H,46,49)(H,47,52)(H,48,53)/t33-,34-,35-/m0/s1. The Morgan fingerprint density at radius 1 is 0.567 bits per heavy atom. The van der Waals surface area contributed by atoms with Crippen LogP contribution in [0.25, 0.3) is 11.1 Å². The fraction of sp³-hybridized carbons (Fsp3) is 0.489. The van der Waals surface area contributed by atoms with Crippen LogP contribution >= 0.6 is 0 Å². The maximum Gasteiger partial charge on any atom is 0.408 e. The molecular formula is C45H61N3O12. The summed E-state index contributed by atoms with van der Waals surface area (Å²) in [7, 11) is 4.19. The van der Waals surface area contributed by atoms with E-state index in [4.69, 9.17) is 33.2 Å². The molecule has 0 spiro atoms. The summed E-state index contributed by atoms with van der Waals surface area (Å²) in [5, 5.41) is 8.00. The summed E-state index contributed by atoms with van der Waals surface area (Å²) in [6.45, 7) is 15.5. The summed E-state index contributed by atoms with van der Waals surface area (Å²) in [6.07, 6.45) is -1.75. The fourth-order valence-electron chi connectivity index (χ4n) is 5.72. The zero-order chi connectivity index (χ0) is 44.8. The number of methoxy groups -OCH3 is 3. The van der Waals surface area contributed by atoms with E-state index in [1.54, 1.807) is 77.9 Å². The van der Waals surface area contributed by atoms with E-state index in [0.717, 1.165) is 5.56 Å². The Morgan fingerprint density at radius 2 is 1.08 bits per heavy atom. The number of nitrogens with one attached hydrogen (secondary N) is 3. The van der Waals surface area contributed by atoms with Crippen molar-refractivity contribution in [1.29, 1.82) is 0 Å². The third kappa shape index (κ3) is 16.4. The second kappa shape index (κ2) is 21.4. The van der Waals surface area contributed by atoms with Gasteiger partial charge >= 0.3 is 24.1 Å². The highest BCUT2D eigenvalue weighted by molar-refractivity contribution is 5.90. The van der Waals surface area contributed by atoms with Crippen molar-refractivity contribution in [2.75, 3.05) is 27.9 Å². The zero-order valence-corrected chi connectivity index (χ0v) is 36.8. The molecule has 0 unspecified atom stereocenters. The summed E-state index contributed by atoms with van der Waals surface area (Å²) in [5.41, 5.74) is 0.908. The van der Waals surface area contributed by atoms with Crippen molar-refractivity contribution in [3.05, 3.63) is 83.4 Å². The van der Waals surface area contributed by atoms with Crippen LogP contribution in [0.2, 0.25) is 0 Å². The van der Waals surface area contributed by atoms with Gasteiger partial charge in [0.25, 0.3) is 0 Å². The van der Waals surface area contributed by atoms with E-state index < -0.39 is 65.0 Å². The van der Waals surface area contributed by atoms with Crippen LogP contribution in [0.3, 0.4) is 0 Å². The lowest BCUT2D eigenvalue weighted by Gasteiger charge is -2.28. The molecule has 3 aromatic carbocycles. The lowest BCUT2D eigenvalue weighted by molar-refractivity contribution is -0.162. The molecule has 15 nitrogen and oxygen atoms in total. The van der Waals surface area contributed by atoms with Gasteiger partial charge in [-0.05, 0) is 114 Å². The summed E-state index contributed by atoms with van der Waals surface area (Å²) < 4.78 is 38.7. The van der Waals surface area contributed by atoms with Crippen molar-refractivity contribution in [1.82, 2.24) is 16.0 Å². The van der Waals surface area contributed by atoms with Crippen molar-refractivity contribution in [2.24, 2.45) is 0 Å². The van der Waals surface area contributed by atoms with Crippen LogP contribution in [0.15, 0.2) is 66.7 Å². The number of rotatable bonds is 17. The molecule has 0 aliphatic rings. The molecular weight excluding hydrogens is 775 g/mol. The Kier molecular flexibility index (Phi) is 17.3. The van der Waals surface area contributed by atoms with Gasteiger partial charge in [-0.3, -0.25) is 4.79 Å². The summed E-state index contributed by atoms with van der Waals surface area (Å²) in [5.74, 6) is -1.23. The Morgan fingerprint density at radius 3 is 1.57 bits per heavy atom. The fourth-order valence-corrected chi connectivity index (χ4v) is 5.72. The molecule has 3 rings (SSSR count). The SMILES string of the molecule is COC(=O)[C@H](Cc1cc(-c2ccc(OC)c(C[C@H](NC(=O)OCc3ccccc3)C(=O)N[C@@H](COC(C)(C)C)C(=O)OC(C)(C)C)c2)ccc1OC)NC(=O)OC(C)(C)C. The highest BCUT2D eigenvalue weighted by Crippen LogP contribution is 2.32. The summed E-state index contributed by atoms with van der Waals surface area (Å²) in [4.78, 5) is 66.3. The molecule has 15 heteroatoms. The molecule has 0 aliphatic carbocycles. The Labute approximate surface area is 353 Å². The van der Waals surface area contributed by atoms with E-state index in [-0.39, 0.29) is 26.1 Å². The zero-order valence-electron chi connectivity index (χ0n) is 36.8. The molecule has 328 valence electrons. The number of amides is 3. The molecule has 3 amide bonds. The van der Waals surface area contributed by atoms with Gasteiger partial charge in [-0.25, -0.2) is 19.2 Å². The van der Waals surface area contributed by atoms with Crippen molar-refractivity contribution in [3.8, 4) is 22.6 Å². The third-order valence-electron chi connectivity index (χ3n) is 8.43. The summed E-state index contributed by atoms with van der Waals surface area (Å²) in [6, 6.07) is 16.1. The average molecular weight is 836 g/mol. The molecule has 0 aliphatic heterocycles. The number of benzene rings is 3. The predicted octanol–water partition coefficient (Wildman–Crippen LogP) is 6.46. The van der Waals surface area contributed by atoms with Gasteiger partial charge < -0.3 is 49.1 Å². The molecule has 0 fully saturated rings. The van der Waals surface area contributed by atoms with Crippen LogP contribution in [0.1, 0.15) is 79.0 Å². The molecule has 0 aromatic heterocycles. The Balaban J connectivity index is 2.02. The maximum absolute atomic E-state index is 14.2.